The normalized spacial score (nSPS) is 17.2. The summed E-state index contributed by atoms with van der Waals surface area (Å²) in [5.74, 6) is 0.0780. The molecule has 2 aliphatic heterocycles. The standard InChI is InChI=1S/C25H24N6O2S/c32-24(18-6-7-22-19(14-18)15-27-31(22)20-4-2-1-3-5-20)30-16-21(17-30)28-9-11-29(12-10-28)25(33)23-26-8-13-34-23/h1-8,13-15,21H,9-12,16-17H2. The Morgan fingerprint density at radius 1 is 0.912 bits per heavy atom. The monoisotopic (exact) mass is 472 g/mol. The molecular formula is C25H24N6O2S. The van der Waals surface area contributed by atoms with Gasteiger partial charge in [0.05, 0.1) is 17.4 Å². The average molecular weight is 473 g/mol. The molecule has 0 atom stereocenters. The number of para-hydroxylation sites is 1. The van der Waals surface area contributed by atoms with Gasteiger partial charge in [-0.05, 0) is 30.3 Å². The van der Waals surface area contributed by atoms with Gasteiger partial charge in [-0.2, -0.15) is 5.10 Å². The molecule has 0 spiro atoms. The first-order valence-electron chi connectivity index (χ1n) is 11.4. The van der Waals surface area contributed by atoms with Crippen molar-refractivity contribution >= 4 is 34.1 Å². The minimum atomic E-state index is 0.0195. The van der Waals surface area contributed by atoms with Crippen LogP contribution in [-0.4, -0.2) is 86.6 Å². The topological polar surface area (TPSA) is 74.6 Å². The van der Waals surface area contributed by atoms with Crippen LogP contribution in [0.3, 0.4) is 0 Å². The molecule has 0 unspecified atom stereocenters. The van der Waals surface area contributed by atoms with Crippen LogP contribution in [0.5, 0.6) is 0 Å². The van der Waals surface area contributed by atoms with Gasteiger partial charge in [-0.1, -0.05) is 18.2 Å². The van der Waals surface area contributed by atoms with Gasteiger partial charge >= 0.3 is 0 Å². The molecule has 0 saturated carbocycles. The van der Waals surface area contributed by atoms with Crippen molar-refractivity contribution in [3.8, 4) is 5.69 Å². The molecule has 6 rings (SSSR count). The smallest absolute Gasteiger partial charge is 0.282 e. The Morgan fingerprint density at radius 3 is 2.44 bits per heavy atom. The lowest BCUT2D eigenvalue weighted by atomic mass is 10.0. The van der Waals surface area contributed by atoms with E-state index in [0.717, 1.165) is 42.8 Å². The maximum absolute atomic E-state index is 13.1. The van der Waals surface area contributed by atoms with Gasteiger partial charge in [0.15, 0.2) is 5.01 Å². The van der Waals surface area contributed by atoms with Gasteiger partial charge in [0, 0.05) is 67.8 Å². The summed E-state index contributed by atoms with van der Waals surface area (Å²) in [6, 6.07) is 16.1. The molecule has 2 fully saturated rings. The summed E-state index contributed by atoms with van der Waals surface area (Å²) < 4.78 is 1.89. The summed E-state index contributed by atoms with van der Waals surface area (Å²) in [6.45, 7) is 4.50. The number of piperazine rings is 1. The molecule has 2 aromatic heterocycles. The van der Waals surface area contributed by atoms with Crippen molar-refractivity contribution in [2.24, 2.45) is 0 Å². The van der Waals surface area contributed by atoms with Gasteiger partial charge in [0.1, 0.15) is 0 Å². The Morgan fingerprint density at radius 2 is 1.71 bits per heavy atom. The van der Waals surface area contributed by atoms with E-state index in [4.69, 9.17) is 0 Å². The lowest BCUT2D eigenvalue weighted by Gasteiger charge is -2.48. The zero-order chi connectivity index (χ0) is 23.1. The molecule has 2 saturated heterocycles. The minimum absolute atomic E-state index is 0.0195. The molecule has 2 aliphatic rings. The SMILES string of the molecule is O=C(c1ccc2c(cnn2-c2ccccc2)c1)N1CC(N2CCN(C(=O)c3nccs3)CC2)C1. The van der Waals surface area contributed by atoms with E-state index in [1.54, 1.807) is 6.20 Å². The Kier molecular flexibility index (Phi) is 5.35. The van der Waals surface area contributed by atoms with E-state index in [-0.39, 0.29) is 11.8 Å². The van der Waals surface area contributed by atoms with E-state index in [0.29, 0.717) is 29.7 Å². The molecule has 2 amide bonds. The lowest BCUT2D eigenvalue weighted by Crippen LogP contribution is -2.64. The van der Waals surface area contributed by atoms with Crippen LogP contribution < -0.4 is 0 Å². The second kappa shape index (κ2) is 8.66. The van der Waals surface area contributed by atoms with Crippen LogP contribution in [0.2, 0.25) is 0 Å². The first kappa shape index (κ1) is 21.0. The predicted octanol–water partition coefficient (Wildman–Crippen LogP) is 2.76. The Hall–Kier alpha value is -3.56. The van der Waals surface area contributed by atoms with E-state index in [9.17, 15) is 9.59 Å². The Balaban J connectivity index is 1.06. The number of nitrogens with zero attached hydrogens (tertiary/aromatic N) is 6. The fraction of sp³-hybridized carbons (Fsp3) is 0.280. The van der Waals surface area contributed by atoms with E-state index in [1.165, 1.54) is 11.3 Å². The van der Waals surface area contributed by atoms with Gasteiger partial charge in [0.25, 0.3) is 11.8 Å². The Labute approximate surface area is 201 Å². The number of aromatic nitrogens is 3. The molecule has 0 N–H and O–H groups in total. The highest BCUT2D eigenvalue weighted by atomic mass is 32.1. The van der Waals surface area contributed by atoms with Crippen molar-refractivity contribution in [1.82, 2.24) is 29.5 Å². The zero-order valence-corrected chi connectivity index (χ0v) is 19.4. The van der Waals surface area contributed by atoms with Crippen LogP contribution in [0.25, 0.3) is 16.6 Å². The molecule has 4 heterocycles. The first-order valence-corrected chi connectivity index (χ1v) is 12.3. The van der Waals surface area contributed by atoms with Crippen LogP contribution in [-0.2, 0) is 0 Å². The molecule has 0 aliphatic carbocycles. The molecule has 2 aromatic carbocycles. The second-order valence-corrected chi connectivity index (χ2v) is 9.59. The average Bonchev–Trinajstić information content (AvgIpc) is 3.54. The fourth-order valence-electron chi connectivity index (χ4n) is 4.73. The lowest BCUT2D eigenvalue weighted by molar-refractivity contribution is 0.00854. The van der Waals surface area contributed by atoms with Crippen LogP contribution in [0, 0.1) is 0 Å². The van der Waals surface area contributed by atoms with Crippen molar-refractivity contribution in [2.75, 3.05) is 39.3 Å². The zero-order valence-electron chi connectivity index (χ0n) is 18.6. The molecule has 9 heteroatoms. The van der Waals surface area contributed by atoms with Crippen molar-refractivity contribution in [1.29, 1.82) is 0 Å². The van der Waals surface area contributed by atoms with Crippen molar-refractivity contribution < 1.29 is 9.59 Å². The second-order valence-electron chi connectivity index (χ2n) is 8.69. The summed E-state index contributed by atoms with van der Waals surface area (Å²) in [6.07, 6.45) is 3.48. The van der Waals surface area contributed by atoms with Gasteiger partial charge in [-0.3, -0.25) is 14.5 Å². The van der Waals surface area contributed by atoms with E-state index in [2.05, 4.69) is 15.0 Å². The van der Waals surface area contributed by atoms with Gasteiger partial charge in [-0.25, -0.2) is 9.67 Å². The number of thiazole rings is 1. The van der Waals surface area contributed by atoms with Gasteiger partial charge < -0.3 is 9.80 Å². The number of hydrogen-bond acceptors (Lipinski definition) is 6. The maximum Gasteiger partial charge on any atom is 0.282 e. The highest BCUT2D eigenvalue weighted by Gasteiger charge is 2.37. The third-order valence-electron chi connectivity index (χ3n) is 6.70. The van der Waals surface area contributed by atoms with E-state index >= 15 is 0 Å². The molecule has 8 nitrogen and oxygen atoms in total. The maximum atomic E-state index is 13.1. The van der Waals surface area contributed by atoms with Crippen LogP contribution in [0.4, 0.5) is 0 Å². The minimum Gasteiger partial charge on any atom is -0.335 e. The number of amides is 2. The van der Waals surface area contributed by atoms with Gasteiger partial charge in [-0.15, -0.1) is 11.3 Å². The highest BCUT2D eigenvalue weighted by molar-refractivity contribution is 7.11. The van der Waals surface area contributed by atoms with Crippen LogP contribution in [0.1, 0.15) is 20.2 Å². The number of carbonyl (C=O) groups is 2. The summed E-state index contributed by atoms with van der Waals surface area (Å²) in [5.41, 5.74) is 2.67. The summed E-state index contributed by atoms with van der Waals surface area (Å²) >= 11 is 1.38. The summed E-state index contributed by atoms with van der Waals surface area (Å²) in [4.78, 5) is 35.9. The number of benzene rings is 2. The van der Waals surface area contributed by atoms with Crippen molar-refractivity contribution in [3.05, 3.63) is 76.9 Å². The fourth-order valence-corrected chi connectivity index (χ4v) is 5.33. The summed E-state index contributed by atoms with van der Waals surface area (Å²) in [7, 11) is 0. The quantitative estimate of drug-likeness (QED) is 0.457. The van der Waals surface area contributed by atoms with Gasteiger partial charge in [0.2, 0.25) is 0 Å². The Bertz CT molecular complexity index is 1320. The third kappa shape index (κ3) is 3.76. The first-order chi connectivity index (χ1) is 16.7. The largest absolute Gasteiger partial charge is 0.335 e. The number of likely N-dealkylation sites (tertiary alicyclic amines) is 1. The molecule has 4 aromatic rings. The number of hydrogen-bond donors (Lipinski definition) is 0. The molecule has 34 heavy (non-hydrogen) atoms. The molecule has 0 bridgehead atoms. The number of fused-ring (bicyclic) bond motifs is 1. The molecular weight excluding hydrogens is 448 g/mol. The molecule has 172 valence electrons. The van der Waals surface area contributed by atoms with Crippen LogP contribution >= 0.6 is 11.3 Å². The van der Waals surface area contributed by atoms with Crippen molar-refractivity contribution in [3.63, 3.8) is 0 Å². The number of carbonyl (C=O) groups excluding carboxylic acids is 2. The van der Waals surface area contributed by atoms with E-state index in [1.807, 2.05) is 74.6 Å². The number of rotatable bonds is 4. The molecule has 0 radical (unpaired) electrons. The predicted molar refractivity (Wildman–Crippen MR) is 130 cm³/mol. The highest BCUT2D eigenvalue weighted by Crippen LogP contribution is 2.24. The van der Waals surface area contributed by atoms with Crippen LogP contribution in [0.15, 0.2) is 66.3 Å². The summed E-state index contributed by atoms with van der Waals surface area (Å²) in [5, 5.41) is 7.84. The third-order valence-corrected chi connectivity index (χ3v) is 7.46. The van der Waals surface area contributed by atoms with Crippen molar-refractivity contribution in [2.45, 2.75) is 6.04 Å². The van der Waals surface area contributed by atoms with E-state index < -0.39 is 0 Å².